The largest absolute Gasteiger partial charge is 0.331 e. The number of hydrogen-bond donors (Lipinski definition) is 0. The lowest BCUT2D eigenvalue weighted by atomic mass is 10.3. The third kappa shape index (κ3) is 2.61. The molecule has 0 amide bonds. The summed E-state index contributed by atoms with van der Waals surface area (Å²) >= 11 is 0. The van der Waals surface area contributed by atoms with Gasteiger partial charge < -0.3 is 4.57 Å². The molecule has 86 valence electrons. The van der Waals surface area contributed by atoms with Crippen LogP contribution in [0.3, 0.4) is 0 Å². The number of imidazole rings is 1. The Morgan fingerprint density at radius 3 is 2.81 bits per heavy atom. The van der Waals surface area contributed by atoms with Crippen molar-refractivity contribution >= 4 is 20.9 Å². The number of benzene rings is 1. The average molecular weight is 238 g/mol. The van der Waals surface area contributed by atoms with Crippen molar-refractivity contribution in [1.29, 1.82) is 0 Å². The molecule has 16 heavy (non-hydrogen) atoms. The summed E-state index contributed by atoms with van der Waals surface area (Å²) in [6.07, 6.45) is 3.64. The van der Waals surface area contributed by atoms with Gasteiger partial charge >= 0.3 is 0 Å². The van der Waals surface area contributed by atoms with E-state index in [1.165, 1.54) is 6.26 Å². The van der Waals surface area contributed by atoms with Gasteiger partial charge in [-0.15, -0.1) is 0 Å². The first-order chi connectivity index (χ1) is 7.56. The molecule has 0 fully saturated rings. The third-order valence-corrected chi connectivity index (χ3v) is 3.47. The highest BCUT2D eigenvalue weighted by Gasteiger charge is 2.04. The van der Waals surface area contributed by atoms with Crippen LogP contribution in [0, 0.1) is 0 Å². The highest BCUT2D eigenvalue weighted by molar-refractivity contribution is 7.90. The Balaban J connectivity index is 2.10. The summed E-state index contributed by atoms with van der Waals surface area (Å²) in [5.41, 5.74) is 2.00. The first kappa shape index (κ1) is 11.1. The molecule has 1 aromatic carbocycles. The summed E-state index contributed by atoms with van der Waals surface area (Å²) in [7, 11) is -2.86. The average Bonchev–Trinajstić information content (AvgIpc) is 2.60. The van der Waals surface area contributed by atoms with Gasteiger partial charge in [0.15, 0.2) is 0 Å². The number of aryl methyl sites for hydroxylation is 1. The van der Waals surface area contributed by atoms with Crippen molar-refractivity contribution in [2.75, 3.05) is 12.0 Å². The first-order valence-corrected chi connectivity index (χ1v) is 7.20. The minimum absolute atomic E-state index is 0.222. The summed E-state index contributed by atoms with van der Waals surface area (Å²) in [5.74, 6) is 0.222. The lowest BCUT2D eigenvalue weighted by Crippen LogP contribution is -2.06. The predicted molar refractivity (Wildman–Crippen MR) is 64.1 cm³/mol. The maximum atomic E-state index is 11.0. The molecule has 0 bridgehead atoms. The van der Waals surface area contributed by atoms with Gasteiger partial charge in [-0.25, -0.2) is 13.4 Å². The monoisotopic (exact) mass is 238 g/mol. The van der Waals surface area contributed by atoms with Crippen LogP contribution in [0.5, 0.6) is 0 Å². The molecule has 1 aromatic heterocycles. The number of fused-ring (bicyclic) bond motifs is 1. The number of hydrogen-bond acceptors (Lipinski definition) is 3. The molecule has 2 rings (SSSR count). The summed E-state index contributed by atoms with van der Waals surface area (Å²) in [6, 6.07) is 7.83. The zero-order valence-electron chi connectivity index (χ0n) is 9.13. The molecule has 0 atom stereocenters. The van der Waals surface area contributed by atoms with Crippen molar-refractivity contribution < 1.29 is 8.42 Å². The maximum Gasteiger partial charge on any atom is 0.147 e. The van der Waals surface area contributed by atoms with Crippen LogP contribution in [0.15, 0.2) is 30.6 Å². The van der Waals surface area contributed by atoms with Gasteiger partial charge in [0.2, 0.25) is 0 Å². The molecule has 2 aromatic rings. The van der Waals surface area contributed by atoms with Gasteiger partial charge in [-0.3, -0.25) is 0 Å². The Hall–Kier alpha value is -1.36. The summed E-state index contributed by atoms with van der Waals surface area (Å²) < 4.78 is 24.0. The summed E-state index contributed by atoms with van der Waals surface area (Å²) in [5, 5.41) is 0. The lowest BCUT2D eigenvalue weighted by molar-refractivity contribution is 0.593. The van der Waals surface area contributed by atoms with E-state index in [0.717, 1.165) is 11.0 Å². The fourth-order valence-corrected chi connectivity index (χ4v) is 2.34. The smallest absolute Gasteiger partial charge is 0.147 e. The minimum atomic E-state index is -2.86. The summed E-state index contributed by atoms with van der Waals surface area (Å²) in [6.45, 7) is 0.688. The van der Waals surface area contributed by atoms with Crippen molar-refractivity contribution in [3.63, 3.8) is 0 Å². The molecule has 0 N–H and O–H groups in total. The van der Waals surface area contributed by atoms with E-state index in [1.807, 2.05) is 28.8 Å². The Bertz CT molecular complexity index is 587. The Labute approximate surface area is 94.8 Å². The molecule has 0 saturated heterocycles. The number of nitrogens with zero attached hydrogens (tertiary/aromatic N) is 2. The van der Waals surface area contributed by atoms with Crippen LogP contribution in [-0.2, 0) is 16.4 Å². The molecule has 4 nitrogen and oxygen atoms in total. The zero-order valence-corrected chi connectivity index (χ0v) is 9.94. The molecule has 0 unspecified atom stereocenters. The Kier molecular flexibility index (Phi) is 2.96. The van der Waals surface area contributed by atoms with Crippen LogP contribution in [0.4, 0.5) is 0 Å². The molecule has 0 aliphatic rings. The fourth-order valence-electron chi connectivity index (χ4n) is 1.69. The minimum Gasteiger partial charge on any atom is -0.331 e. The Morgan fingerprint density at radius 2 is 2.06 bits per heavy atom. The van der Waals surface area contributed by atoms with Gasteiger partial charge in [-0.1, -0.05) is 12.1 Å². The van der Waals surface area contributed by atoms with Crippen LogP contribution in [0.1, 0.15) is 6.42 Å². The van der Waals surface area contributed by atoms with Crippen LogP contribution in [0.2, 0.25) is 0 Å². The van der Waals surface area contributed by atoms with Gasteiger partial charge in [0.05, 0.1) is 23.1 Å². The first-order valence-electron chi connectivity index (χ1n) is 5.14. The number of aromatic nitrogens is 2. The van der Waals surface area contributed by atoms with E-state index >= 15 is 0 Å². The van der Waals surface area contributed by atoms with Gasteiger partial charge in [-0.2, -0.15) is 0 Å². The lowest BCUT2D eigenvalue weighted by Gasteiger charge is -2.03. The van der Waals surface area contributed by atoms with E-state index in [4.69, 9.17) is 0 Å². The van der Waals surface area contributed by atoms with Crippen LogP contribution < -0.4 is 0 Å². The highest BCUT2D eigenvalue weighted by atomic mass is 32.2. The second-order valence-corrected chi connectivity index (χ2v) is 6.17. The van der Waals surface area contributed by atoms with E-state index in [-0.39, 0.29) is 5.75 Å². The van der Waals surface area contributed by atoms with Crippen LogP contribution in [0.25, 0.3) is 11.0 Å². The van der Waals surface area contributed by atoms with Gasteiger partial charge in [-0.05, 0) is 18.6 Å². The maximum absolute atomic E-state index is 11.0. The van der Waals surface area contributed by atoms with Crippen LogP contribution in [-0.4, -0.2) is 30.0 Å². The number of rotatable bonds is 4. The van der Waals surface area contributed by atoms with Crippen molar-refractivity contribution in [1.82, 2.24) is 9.55 Å². The third-order valence-electron chi connectivity index (χ3n) is 2.44. The molecule has 0 aliphatic heterocycles. The van der Waals surface area contributed by atoms with E-state index in [9.17, 15) is 8.42 Å². The van der Waals surface area contributed by atoms with Gasteiger partial charge in [0.1, 0.15) is 9.84 Å². The highest BCUT2D eigenvalue weighted by Crippen LogP contribution is 2.12. The molecule has 0 radical (unpaired) electrons. The van der Waals surface area contributed by atoms with E-state index in [0.29, 0.717) is 13.0 Å². The van der Waals surface area contributed by atoms with Crippen molar-refractivity contribution in [3.05, 3.63) is 30.6 Å². The fraction of sp³-hybridized carbons (Fsp3) is 0.364. The van der Waals surface area contributed by atoms with Crippen molar-refractivity contribution in [3.8, 4) is 0 Å². The normalized spacial score (nSPS) is 12.1. The van der Waals surface area contributed by atoms with Crippen molar-refractivity contribution in [2.45, 2.75) is 13.0 Å². The Morgan fingerprint density at radius 1 is 1.31 bits per heavy atom. The van der Waals surface area contributed by atoms with Gasteiger partial charge in [0, 0.05) is 12.8 Å². The predicted octanol–water partition coefficient (Wildman–Crippen LogP) is 1.47. The quantitative estimate of drug-likeness (QED) is 0.810. The molecule has 0 saturated carbocycles. The molecule has 1 heterocycles. The summed E-state index contributed by atoms with van der Waals surface area (Å²) in [4.78, 5) is 4.25. The van der Waals surface area contributed by atoms with E-state index in [1.54, 1.807) is 6.33 Å². The van der Waals surface area contributed by atoms with Crippen molar-refractivity contribution in [2.24, 2.45) is 0 Å². The van der Waals surface area contributed by atoms with E-state index < -0.39 is 9.84 Å². The molecular formula is C11H14N2O2S. The molecule has 0 spiro atoms. The number of sulfone groups is 1. The topological polar surface area (TPSA) is 52.0 Å². The standard InChI is InChI=1S/C11H14N2O2S/c1-16(14,15)8-4-7-13-9-12-10-5-2-3-6-11(10)13/h2-3,5-6,9H,4,7-8H2,1H3. The molecule has 5 heteroatoms. The SMILES string of the molecule is CS(=O)(=O)CCCn1cnc2ccccc21. The molecule has 0 aliphatic carbocycles. The zero-order chi connectivity index (χ0) is 11.6. The second-order valence-electron chi connectivity index (χ2n) is 3.91. The molecular weight excluding hydrogens is 224 g/mol. The van der Waals surface area contributed by atoms with Gasteiger partial charge in [0.25, 0.3) is 0 Å². The van der Waals surface area contributed by atoms with E-state index in [2.05, 4.69) is 4.98 Å². The number of para-hydroxylation sites is 2. The van der Waals surface area contributed by atoms with Crippen LogP contribution >= 0.6 is 0 Å². The second kappa shape index (κ2) is 4.25.